The summed E-state index contributed by atoms with van der Waals surface area (Å²) in [6.07, 6.45) is -2.97. The van der Waals surface area contributed by atoms with Crippen molar-refractivity contribution >= 4 is 17.3 Å². The molecule has 9 heteroatoms. The molecule has 0 aliphatic carbocycles. The predicted molar refractivity (Wildman–Crippen MR) is 87.2 cm³/mol. The van der Waals surface area contributed by atoms with Crippen molar-refractivity contribution in [3.8, 4) is 11.5 Å². The first kappa shape index (κ1) is 17.4. The van der Waals surface area contributed by atoms with E-state index < -0.39 is 12.7 Å². The fourth-order valence-corrected chi connectivity index (χ4v) is 2.55. The van der Waals surface area contributed by atoms with Crippen molar-refractivity contribution in [1.82, 2.24) is 10.2 Å². The fourth-order valence-electron chi connectivity index (χ4n) is 2.35. The molecule has 0 spiro atoms. The summed E-state index contributed by atoms with van der Waals surface area (Å²) in [5.74, 6) is 1.65. The molecule has 0 saturated heterocycles. The second-order valence-corrected chi connectivity index (χ2v) is 5.78. The van der Waals surface area contributed by atoms with Gasteiger partial charge < -0.3 is 24.1 Å². The van der Waals surface area contributed by atoms with E-state index >= 15 is 0 Å². The third-order valence-corrected chi connectivity index (χ3v) is 3.87. The number of alkyl halides is 3. The van der Waals surface area contributed by atoms with Gasteiger partial charge in [-0.05, 0) is 42.0 Å². The van der Waals surface area contributed by atoms with Crippen LogP contribution in [0.3, 0.4) is 0 Å². The number of rotatable bonds is 5. The van der Waals surface area contributed by atoms with Crippen LogP contribution in [-0.2, 0) is 13.1 Å². The lowest BCUT2D eigenvalue weighted by atomic mass is 10.2. The molecule has 0 amide bonds. The van der Waals surface area contributed by atoms with Crippen LogP contribution in [0.1, 0.15) is 11.3 Å². The number of benzene rings is 1. The number of halogens is 3. The minimum Gasteiger partial charge on any atom is -0.467 e. The number of nitrogens with one attached hydrogen (secondary N) is 1. The highest BCUT2D eigenvalue weighted by Gasteiger charge is 2.32. The molecule has 0 radical (unpaired) electrons. The molecule has 0 atom stereocenters. The Balaban J connectivity index is 1.63. The fraction of sp³-hybridized carbons (Fsp3) is 0.312. The number of fused-ring (bicyclic) bond motifs is 1. The predicted octanol–water partition coefficient (Wildman–Crippen LogP) is 3.45. The van der Waals surface area contributed by atoms with E-state index in [-0.39, 0.29) is 25.0 Å². The van der Waals surface area contributed by atoms with Crippen LogP contribution in [-0.4, -0.2) is 29.5 Å². The average molecular weight is 372 g/mol. The lowest BCUT2D eigenvalue weighted by molar-refractivity contribution is -0.139. The minimum atomic E-state index is -4.38. The minimum absolute atomic E-state index is 0.00797. The Bertz CT molecular complexity index is 735. The van der Waals surface area contributed by atoms with Gasteiger partial charge in [0.1, 0.15) is 12.3 Å². The lowest BCUT2D eigenvalue weighted by Gasteiger charge is -2.26. The summed E-state index contributed by atoms with van der Waals surface area (Å²) in [5.41, 5.74) is 0.816. The van der Waals surface area contributed by atoms with E-state index in [2.05, 4.69) is 5.32 Å². The van der Waals surface area contributed by atoms with Gasteiger partial charge in [0.2, 0.25) is 6.79 Å². The molecule has 5 nitrogen and oxygen atoms in total. The molecular formula is C16H15F3N2O3S. The van der Waals surface area contributed by atoms with Crippen molar-refractivity contribution in [2.75, 3.05) is 13.3 Å². The van der Waals surface area contributed by atoms with Gasteiger partial charge in [0, 0.05) is 6.54 Å². The van der Waals surface area contributed by atoms with Gasteiger partial charge in [-0.1, -0.05) is 6.07 Å². The van der Waals surface area contributed by atoms with Gasteiger partial charge in [-0.15, -0.1) is 0 Å². The summed E-state index contributed by atoms with van der Waals surface area (Å²) >= 11 is 5.13. The van der Waals surface area contributed by atoms with Crippen molar-refractivity contribution in [2.24, 2.45) is 0 Å². The number of hydrogen-bond donors (Lipinski definition) is 1. The molecule has 2 heterocycles. The zero-order chi connectivity index (χ0) is 17.9. The van der Waals surface area contributed by atoms with Gasteiger partial charge in [0.15, 0.2) is 16.6 Å². The first-order valence-electron chi connectivity index (χ1n) is 7.41. The van der Waals surface area contributed by atoms with Crippen molar-refractivity contribution < 1.29 is 27.1 Å². The number of furan rings is 1. The van der Waals surface area contributed by atoms with Crippen LogP contribution in [0.4, 0.5) is 13.2 Å². The van der Waals surface area contributed by atoms with Crippen LogP contribution in [0, 0.1) is 0 Å². The maximum absolute atomic E-state index is 12.8. The standard InChI is InChI=1S/C16H15F3N2O3S/c17-16(18,19)9-21(8-12-2-1-5-22-12)15(25)20-7-11-3-4-13-14(6-11)24-10-23-13/h1-6H,7-10H2,(H,20,25). The average Bonchev–Trinajstić information content (AvgIpc) is 3.21. The summed E-state index contributed by atoms with van der Waals surface area (Å²) in [7, 11) is 0. The van der Waals surface area contributed by atoms with E-state index in [0.29, 0.717) is 17.3 Å². The van der Waals surface area contributed by atoms with Crippen molar-refractivity contribution in [3.05, 3.63) is 47.9 Å². The number of thiocarbonyl (C=S) groups is 1. The Morgan fingerprint density at radius 1 is 1.20 bits per heavy atom. The van der Waals surface area contributed by atoms with E-state index in [4.69, 9.17) is 26.1 Å². The van der Waals surface area contributed by atoms with E-state index in [1.54, 1.807) is 30.3 Å². The maximum Gasteiger partial charge on any atom is 0.406 e. The summed E-state index contributed by atoms with van der Waals surface area (Å²) in [6.45, 7) is -0.810. The molecule has 1 aliphatic rings. The highest BCUT2D eigenvalue weighted by atomic mass is 32.1. The lowest BCUT2D eigenvalue weighted by Crippen LogP contribution is -2.43. The van der Waals surface area contributed by atoms with E-state index in [1.807, 2.05) is 0 Å². The first-order valence-corrected chi connectivity index (χ1v) is 7.82. The normalized spacial score (nSPS) is 12.9. The van der Waals surface area contributed by atoms with Gasteiger partial charge in [-0.3, -0.25) is 0 Å². The molecule has 1 aromatic heterocycles. The Morgan fingerprint density at radius 3 is 2.72 bits per heavy atom. The second-order valence-electron chi connectivity index (χ2n) is 5.40. The van der Waals surface area contributed by atoms with Crippen LogP contribution < -0.4 is 14.8 Å². The van der Waals surface area contributed by atoms with Gasteiger partial charge in [-0.2, -0.15) is 13.2 Å². The molecule has 25 heavy (non-hydrogen) atoms. The third kappa shape index (κ3) is 4.79. The van der Waals surface area contributed by atoms with Crippen LogP contribution in [0.5, 0.6) is 11.5 Å². The summed E-state index contributed by atoms with van der Waals surface area (Å²) in [4.78, 5) is 1.02. The number of nitrogens with zero attached hydrogens (tertiary/aromatic N) is 1. The first-order chi connectivity index (χ1) is 11.9. The molecule has 134 valence electrons. The zero-order valence-corrected chi connectivity index (χ0v) is 13.8. The zero-order valence-electron chi connectivity index (χ0n) is 13.0. The smallest absolute Gasteiger partial charge is 0.406 e. The Kier molecular flexibility index (Phi) is 5.03. The molecule has 1 aliphatic heterocycles. The largest absolute Gasteiger partial charge is 0.467 e. The van der Waals surface area contributed by atoms with Crippen LogP contribution in [0.25, 0.3) is 0 Å². The number of hydrogen-bond acceptors (Lipinski definition) is 4. The number of ether oxygens (including phenoxy) is 2. The third-order valence-electron chi connectivity index (χ3n) is 3.46. The molecule has 0 fully saturated rings. The monoisotopic (exact) mass is 372 g/mol. The van der Waals surface area contributed by atoms with Gasteiger partial charge >= 0.3 is 6.18 Å². The van der Waals surface area contributed by atoms with E-state index in [0.717, 1.165) is 10.5 Å². The summed E-state index contributed by atoms with van der Waals surface area (Å²) in [5, 5.41) is 2.84. The molecule has 1 aromatic carbocycles. The molecule has 0 bridgehead atoms. The van der Waals surface area contributed by atoms with Crippen molar-refractivity contribution in [3.63, 3.8) is 0 Å². The molecule has 0 unspecified atom stereocenters. The highest BCUT2D eigenvalue weighted by molar-refractivity contribution is 7.80. The molecule has 2 aromatic rings. The van der Waals surface area contributed by atoms with Gasteiger partial charge in [0.25, 0.3) is 0 Å². The molecular weight excluding hydrogens is 357 g/mol. The van der Waals surface area contributed by atoms with Gasteiger partial charge in [0.05, 0.1) is 12.8 Å². The molecule has 1 N–H and O–H groups in total. The quantitative estimate of drug-likeness (QED) is 0.812. The van der Waals surface area contributed by atoms with Crippen LogP contribution >= 0.6 is 12.2 Å². The molecule has 0 saturated carbocycles. The SMILES string of the molecule is FC(F)(F)CN(Cc1ccco1)C(=S)NCc1ccc2c(c1)OCO2. The Labute approximate surface area is 147 Å². The Hall–Kier alpha value is -2.42. The maximum atomic E-state index is 12.8. The van der Waals surface area contributed by atoms with E-state index in [9.17, 15) is 13.2 Å². The topological polar surface area (TPSA) is 46.9 Å². The van der Waals surface area contributed by atoms with Gasteiger partial charge in [-0.25, -0.2) is 0 Å². The van der Waals surface area contributed by atoms with Crippen LogP contribution in [0.15, 0.2) is 41.0 Å². The molecule has 3 rings (SSSR count). The summed E-state index contributed by atoms with van der Waals surface area (Å²) in [6, 6.07) is 8.52. The van der Waals surface area contributed by atoms with Crippen LogP contribution in [0.2, 0.25) is 0 Å². The summed E-state index contributed by atoms with van der Waals surface area (Å²) < 4.78 is 54.1. The van der Waals surface area contributed by atoms with Crippen molar-refractivity contribution in [2.45, 2.75) is 19.3 Å². The van der Waals surface area contributed by atoms with E-state index in [1.165, 1.54) is 6.26 Å². The van der Waals surface area contributed by atoms with Crippen molar-refractivity contribution in [1.29, 1.82) is 0 Å². The highest BCUT2D eigenvalue weighted by Crippen LogP contribution is 2.32. The Morgan fingerprint density at radius 2 is 2.00 bits per heavy atom. The second kappa shape index (κ2) is 7.22.